The number of halogens is 2. The molecule has 0 saturated carbocycles. The van der Waals surface area contributed by atoms with E-state index in [0.29, 0.717) is 39.5 Å². The number of amides is 2. The van der Waals surface area contributed by atoms with E-state index in [1.807, 2.05) is 11.9 Å². The van der Waals surface area contributed by atoms with Crippen LogP contribution in [0.5, 0.6) is 0 Å². The fraction of sp³-hybridized carbons (Fsp3) is 0.162. The number of rotatable bonds is 11. The number of hydrogen-bond acceptors (Lipinski definition) is 9. The molecule has 0 aliphatic carbocycles. The zero-order valence-electron chi connectivity index (χ0n) is 28.2. The highest BCUT2D eigenvalue weighted by Gasteiger charge is 2.26. The number of anilines is 1. The lowest BCUT2D eigenvalue weighted by Gasteiger charge is -2.18. The number of carbonyl (C=O) groups excluding carboxylic acids is 2. The molecule has 266 valence electrons. The van der Waals surface area contributed by atoms with Gasteiger partial charge in [0.15, 0.2) is 0 Å². The Kier molecular flexibility index (Phi) is 10.6. The molecule has 2 N–H and O–H groups in total. The number of carbonyl (C=O) groups is 2. The Morgan fingerprint density at radius 3 is 2.23 bits per heavy atom. The van der Waals surface area contributed by atoms with Crippen LogP contribution in [-0.2, 0) is 29.2 Å². The highest BCUT2D eigenvalue weighted by Crippen LogP contribution is 2.38. The molecule has 0 atom stereocenters. The first-order chi connectivity index (χ1) is 25.1. The summed E-state index contributed by atoms with van der Waals surface area (Å²) in [5.41, 5.74) is 3.37. The summed E-state index contributed by atoms with van der Waals surface area (Å²) in [6, 6.07) is 21.3. The van der Waals surface area contributed by atoms with Gasteiger partial charge in [0.1, 0.15) is 16.5 Å². The Bertz CT molecular complexity index is 2360. The minimum absolute atomic E-state index is 0.183. The Hall–Kier alpha value is -6.03. The number of para-hydroxylation sites is 1. The molecule has 0 bridgehead atoms. The van der Waals surface area contributed by atoms with E-state index < -0.39 is 41.4 Å². The zero-order valence-corrected chi connectivity index (χ0v) is 29.0. The van der Waals surface area contributed by atoms with Crippen LogP contribution in [-0.4, -0.2) is 52.3 Å². The third kappa shape index (κ3) is 7.37. The molecule has 0 radical (unpaired) electrons. The standard InChI is InChI=1S/C37H32F2N6O6S/c1-43(19-25-17-14-23(18-40-25)35(47)50-2)20-28-31-33(46)45(26-8-5-4-6-9-26)37(49)44(21-27-29(38)10-7-11-30(27)39)34(31)52-32(28)22-12-15-24(16-13-22)41-36(48)42-51-3/h4-18H,19-21H2,1-3H3,(H2,41,42,48). The van der Waals surface area contributed by atoms with Crippen LogP contribution in [0.15, 0.2) is 101 Å². The average Bonchev–Trinajstić information content (AvgIpc) is 3.50. The Morgan fingerprint density at radius 2 is 1.60 bits per heavy atom. The number of hydrogen-bond donors (Lipinski definition) is 2. The predicted molar refractivity (Wildman–Crippen MR) is 192 cm³/mol. The Morgan fingerprint density at radius 1 is 0.885 bits per heavy atom. The first-order valence-corrected chi connectivity index (χ1v) is 16.6. The smallest absolute Gasteiger partial charge is 0.343 e. The number of nitrogens with one attached hydrogen (secondary N) is 2. The van der Waals surface area contributed by atoms with Crippen LogP contribution < -0.4 is 22.0 Å². The van der Waals surface area contributed by atoms with E-state index in [1.165, 1.54) is 31.0 Å². The molecule has 6 aromatic rings. The number of benzene rings is 3. The fourth-order valence-electron chi connectivity index (χ4n) is 5.75. The first kappa shape index (κ1) is 35.8. The predicted octanol–water partition coefficient (Wildman–Crippen LogP) is 5.70. The lowest BCUT2D eigenvalue weighted by molar-refractivity contribution is 0.0600. The minimum atomic E-state index is -0.833. The third-order valence-electron chi connectivity index (χ3n) is 8.17. The monoisotopic (exact) mass is 726 g/mol. The highest BCUT2D eigenvalue weighted by molar-refractivity contribution is 7.22. The Labute approximate surface area is 299 Å². The minimum Gasteiger partial charge on any atom is -0.465 e. The molecule has 0 saturated heterocycles. The van der Waals surface area contributed by atoms with Gasteiger partial charge in [-0.25, -0.2) is 33.2 Å². The van der Waals surface area contributed by atoms with Crippen LogP contribution in [0.2, 0.25) is 0 Å². The topological polar surface area (TPSA) is 137 Å². The van der Waals surface area contributed by atoms with E-state index in [2.05, 4.69) is 20.6 Å². The van der Waals surface area contributed by atoms with Gasteiger partial charge in [0.05, 0.1) is 43.1 Å². The second-order valence-electron chi connectivity index (χ2n) is 11.7. The van der Waals surface area contributed by atoms with Crippen LogP contribution >= 0.6 is 11.3 Å². The van der Waals surface area contributed by atoms with Crippen molar-refractivity contribution < 1.29 is 27.9 Å². The van der Waals surface area contributed by atoms with Crippen molar-refractivity contribution in [2.45, 2.75) is 19.6 Å². The maximum atomic E-state index is 15.1. The van der Waals surface area contributed by atoms with Crippen molar-refractivity contribution in [3.63, 3.8) is 0 Å². The SMILES string of the molecule is CONC(=O)Nc1ccc(-c2sc3c(c2CN(C)Cc2ccc(C(=O)OC)cn2)c(=O)n(-c2ccccc2)c(=O)n3Cc2c(F)cccc2F)cc1. The molecule has 12 nitrogen and oxygen atoms in total. The molecule has 0 unspecified atom stereocenters. The second kappa shape index (κ2) is 15.5. The van der Waals surface area contributed by atoms with E-state index in [4.69, 9.17) is 4.74 Å². The summed E-state index contributed by atoms with van der Waals surface area (Å²) in [4.78, 5) is 64.5. The van der Waals surface area contributed by atoms with Crippen LogP contribution in [0.4, 0.5) is 19.3 Å². The number of nitrogens with zero attached hydrogens (tertiary/aromatic N) is 4. The molecular formula is C37H32F2N6O6S. The van der Waals surface area contributed by atoms with Crippen molar-refractivity contribution in [1.82, 2.24) is 24.5 Å². The van der Waals surface area contributed by atoms with Gasteiger partial charge in [0.25, 0.3) is 5.56 Å². The normalized spacial score (nSPS) is 11.2. The maximum Gasteiger partial charge on any atom is 0.343 e. The van der Waals surface area contributed by atoms with E-state index in [1.54, 1.807) is 66.7 Å². The number of thiophene rings is 1. The fourth-order valence-corrected chi connectivity index (χ4v) is 7.05. The van der Waals surface area contributed by atoms with Crippen molar-refractivity contribution in [2.75, 3.05) is 26.6 Å². The van der Waals surface area contributed by atoms with Crippen LogP contribution in [0.25, 0.3) is 26.3 Å². The van der Waals surface area contributed by atoms with E-state index in [0.717, 1.165) is 28.0 Å². The van der Waals surface area contributed by atoms with Crippen molar-refractivity contribution in [2.24, 2.45) is 0 Å². The molecule has 3 aromatic carbocycles. The van der Waals surface area contributed by atoms with Crippen molar-refractivity contribution in [3.05, 3.63) is 146 Å². The van der Waals surface area contributed by atoms with E-state index >= 15 is 8.78 Å². The van der Waals surface area contributed by atoms with Gasteiger partial charge < -0.3 is 10.1 Å². The molecule has 52 heavy (non-hydrogen) atoms. The lowest BCUT2D eigenvalue weighted by Crippen LogP contribution is -2.39. The van der Waals surface area contributed by atoms with Gasteiger partial charge in [-0.15, -0.1) is 11.3 Å². The second-order valence-corrected chi connectivity index (χ2v) is 12.7. The van der Waals surface area contributed by atoms with E-state index in [9.17, 15) is 19.2 Å². The number of ether oxygens (including phenoxy) is 1. The molecule has 0 aliphatic heterocycles. The summed E-state index contributed by atoms with van der Waals surface area (Å²) in [6.07, 6.45) is 1.42. The Balaban J connectivity index is 1.54. The van der Waals surface area contributed by atoms with Crippen LogP contribution in [0.3, 0.4) is 0 Å². The maximum absolute atomic E-state index is 15.1. The summed E-state index contributed by atoms with van der Waals surface area (Å²) < 4.78 is 37.1. The van der Waals surface area contributed by atoms with E-state index in [-0.39, 0.29) is 28.0 Å². The number of fused-ring (bicyclic) bond motifs is 1. The molecule has 0 spiro atoms. The quantitative estimate of drug-likeness (QED) is 0.128. The van der Waals surface area contributed by atoms with Gasteiger partial charge >= 0.3 is 17.7 Å². The third-order valence-corrected chi connectivity index (χ3v) is 9.47. The summed E-state index contributed by atoms with van der Waals surface area (Å²) >= 11 is 1.14. The highest BCUT2D eigenvalue weighted by atomic mass is 32.1. The summed E-state index contributed by atoms with van der Waals surface area (Å²) in [5.74, 6) is -2.18. The number of urea groups is 1. The van der Waals surface area contributed by atoms with Crippen LogP contribution in [0, 0.1) is 11.6 Å². The number of esters is 1. The average molecular weight is 727 g/mol. The van der Waals surface area contributed by atoms with Crippen molar-refractivity contribution >= 4 is 39.2 Å². The van der Waals surface area contributed by atoms with Crippen LogP contribution in [0.1, 0.15) is 27.2 Å². The number of methoxy groups -OCH3 is 1. The van der Waals surface area contributed by atoms with Gasteiger partial charge in [-0.1, -0.05) is 36.4 Å². The number of aromatic nitrogens is 3. The van der Waals surface area contributed by atoms with Crippen molar-refractivity contribution in [3.8, 4) is 16.1 Å². The molecule has 6 rings (SSSR count). The molecule has 2 amide bonds. The number of hydroxylamine groups is 1. The molecule has 3 heterocycles. The van der Waals surface area contributed by atoms with Gasteiger partial charge in [-0.2, -0.15) is 0 Å². The zero-order chi connectivity index (χ0) is 36.9. The van der Waals surface area contributed by atoms with Crippen molar-refractivity contribution in [1.29, 1.82) is 0 Å². The first-order valence-electron chi connectivity index (χ1n) is 15.8. The summed E-state index contributed by atoms with van der Waals surface area (Å²) in [5, 5.41) is 2.84. The van der Waals surface area contributed by atoms with Gasteiger partial charge in [0.2, 0.25) is 0 Å². The molecule has 3 aromatic heterocycles. The summed E-state index contributed by atoms with van der Waals surface area (Å²) in [6.45, 7) is 0.00901. The van der Waals surface area contributed by atoms with Gasteiger partial charge in [0, 0.05) is 35.4 Å². The molecular weight excluding hydrogens is 695 g/mol. The molecule has 0 fully saturated rings. The largest absolute Gasteiger partial charge is 0.465 e. The molecule has 0 aliphatic rings. The molecule has 15 heteroatoms. The van der Waals surface area contributed by atoms with Gasteiger partial charge in [-0.3, -0.25) is 24.1 Å². The lowest BCUT2D eigenvalue weighted by atomic mass is 10.1. The van der Waals surface area contributed by atoms with Gasteiger partial charge in [-0.05, 0) is 66.7 Å². The number of pyridine rings is 1. The summed E-state index contributed by atoms with van der Waals surface area (Å²) in [7, 11) is 4.42.